The minimum atomic E-state index is -0.995. The molecule has 0 spiro atoms. The number of benzene rings is 4. The molecule has 0 radical (unpaired) electrons. The number of carbonyl (C=O) groups excluding carboxylic acids is 1. The van der Waals surface area contributed by atoms with Gasteiger partial charge in [-0.3, -0.25) is 4.79 Å². The molecule has 0 saturated heterocycles. The van der Waals surface area contributed by atoms with Crippen LogP contribution in [0.5, 0.6) is 11.5 Å². The third-order valence-corrected chi connectivity index (χ3v) is 8.11. The highest BCUT2D eigenvalue weighted by Gasteiger charge is 2.49. The van der Waals surface area contributed by atoms with Gasteiger partial charge in [0.25, 0.3) is 0 Å². The van der Waals surface area contributed by atoms with Crippen LogP contribution >= 0.6 is 0 Å². The van der Waals surface area contributed by atoms with Crippen molar-refractivity contribution >= 4 is 39.9 Å². The molecule has 2 atom stereocenters. The fourth-order valence-electron chi connectivity index (χ4n) is 5.97. The SMILES string of the molecule is COc1cc2c(c3c1c(=O)c1ccccc1n3C)[C@H](OC/C=C/c1ccccc1)[C@H](OC(=O)/C=C/c1ccccc1)C(C)(C)O2. The molecule has 7 nitrogen and oxygen atoms in total. The fraction of sp³-hybridized carbons (Fsp3) is 0.211. The molecular formula is C38H35NO6. The summed E-state index contributed by atoms with van der Waals surface area (Å²) in [4.78, 5) is 27.3. The molecule has 5 aromatic rings. The van der Waals surface area contributed by atoms with Gasteiger partial charge >= 0.3 is 5.97 Å². The molecule has 1 aliphatic rings. The summed E-state index contributed by atoms with van der Waals surface area (Å²) in [5, 5.41) is 0.975. The number of nitrogens with zero attached hydrogens (tertiary/aromatic N) is 1. The van der Waals surface area contributed by atoms with Gasteiger partial charge in [-0.1, -0.05) is 84.9 Å². The number of carbonyl (C=O) groups is 1. The molecule has 0 bridgehead atoms. The molecule has 2 heterocycles. The van der Waals surface area contributed by atoms with Crippen LogP contribution in [0.4, 0.5) is 0 Å². The normalized spacial score (nSPS) is 17.4. The van der Waals surface area contributed by atoms with E-state index < -0.39 is 23.8 Å². The van der Waals surface area contributed by atoms with Gasteiger partial charge in [0.1, 0.15) is 23.2 Å². The Hall–Kier alpha value is -5.14. The summed E-state index contributed by atoms with van der Waals surface area (Å²) < 4.78 is 27.0. The number of methoxy groups -OCH3 is 1. The minimum absolute atomic E-state index is 0.162. The zero-order chi connectivity index (χ0) is 31.6. The molecule has 0 unspecified atom stereocenters. The lowest BCUT2D eigenvalue weighted by molar-refractivity contribution is -0.177. The first kappa shape index (κ1) is 29.9. The standard InChI is InChI=1S/C38H35NO6/c1-38(2)37(44-31(40)22-21-26-16-9-6-10-17-26)36(43-23-13-18-25-14-7-5-8-15-25)33-30(45-38)24-29(42-4)32-34(33)39(3)28-20-12-11-19-27(28)35(32)41/h5-22,24,36-37H,23H2,1-4H3/b18-13+,22-21+/t36-,37-/m0/s1. The predicted molar refractivity (Wildman–Crippen MR) is 177 cm³/mol. The van der Waals surface area contributed by atoms with Gasteiger partial charge < -0.3 is 23.5 Å². The van der Waals surface area contributed by atoms with Crippen LogP contribution in [0.25, 0.3) is 34.0 Å². The molecular weight excluding hydrogens is 566 g/mol. The summed E-state index contributed by atoms with van der Waals surface area (Å²) in [5.41, 5.74) is 2.72. The fourth-order valence-corrected chi connectivity index (χ4v) is 5.97. The van der Waals surface area contributed by atoms with E-state index in [-0.39, 0.29) is 12.0 Å². The Morgan fingerprint density at radius 1 is 0.933 bits per heavy atom. The maximum atomic E-state index is 14.0. The van der Waals surface area contributed by atoms with Gasteiger partial charge in [-0.25, -0.2) is 4.79 Å². The zero-order valence-electron chi connectivity index (χ0n) is 25.7. The van der Waals surface area contributed by atoms with Gasteiger partial charge in [0.15, 0.2) is 6.10 Å². The molecule has 7 heteroatoms. The van der Waals surface area contributed by atoms with Gasteiger partial charge in [-0.2, -0.15) is 0 Å². The number of esters is 1. The summed E-state index contributed by atoms with van der Waals surface area (Å²) in [6.07, 6.45) is 5.38. The Balaban J connectivity index is 1.49. The second-order valence-corrected chi connectivity index (χ2v) is 11.5. The molecule has 0 saturated carbocycles. The van der Waals surface area contributed by atoms with Crippen molar-refractivity contribution in [3.05, 3.63) is 130 Å². The maximum Gasteiger partial charge on any atom is 0.331 e. The predicted octanol–water partition coefficient (Wildman–Crippen LogP) is 7.27. The molecule has 0 amide bonds. The lowest BCUT2D eigenvalue weighted by Crippen LogP contribution is -2.52. The van der Waals surface area contributed by atoms with E-state index in [4.69, 9.17) is 18.9 Å². The van der Waals surface area contributed by atoms with Crippen molar-refractivity contribution in [2.45, 2.75) is 31.7 Å². The highest BCUT2D eigenvalue weighted by molar-refractivity contribution is 5.99. The van der Waals surface area contributed by atoms with Crippen molar-refractivity contribution in [3.63, 3.8) is 0 Å². The monoisotopic (exact) mass is 601 g/mol. The van der Waals surface area contributed by atoms with Crippen molar-refractivity contribution in [3.8, 4) is 11.5 Å². The largest absolute Gasteiger partial charge is 0.496 e. The molecule has 0 aliphatic carbocycles. The van der Waals surface area contributed by atoms with Crippen molar-refractivity contribution in [2.75, 3.05) is 13.7 Å². The summed E-state index contributed by atoms with van der Waals surface area (Å²) in [6, 6.07) is 28.6. The van der Waals surface area contributed by atoms with Gasteiger partial charge in [0.2, 0.25) is 5.43 Å². The van der Waals surface area contributed by atoms with Crippen molar-refractivity contribution in [1.29, 1.82) is 0 Å². The molecule has 45 heavy (non-hydrogen) atoms. The number of aryl methyl sites for hydroxylation is 1. The number of aromatic nitrogens is 1. The average molecular weight is 602 g/mol. The van der Waals surface area contributed by atoms with Crippen LogP contribution in [-0.4, -0.2) is 36.0 Å². The lowest BCUT2D eigenvalue weighted by atomic mass is 9.86. The molecule has 6 rings (SSSR count). The molecule has 4 aromatic carbocycles. The molecule has 228 valence electrons. The number of hydrogen-bond acceptors (Lipinski definition) is 6. The zero-order valence-corrected chi connectivity index (χ0v) is 25.7. The number of hydrogen-bond donors (Lipinski definition) is 0. The van der Waals surface area contributed by atoms with Crippen LogP contribution < -0.4 is 14.9 Å². The highest BCUT2D eigenvalue weighted by atomic mass is 16.6. The Bertz CT molecular complexity index is 1980. The second-order valence-electron chi connectivity index (χ2n) is 11.5. The van der Waals surface area contributed by atoms with Gasteiger partial charge in [0, 0.05) is 24.6 Å². The Morgan fingerprint density at radius 3 is 2.27 bits per heavy atom. The van der Waals surface area contributed by atoms with E-state index >= 15 is 0 Å². The molecule has 0 fully saturated rings. The van der Waals surface area contributed by atoms with Gasteiger partial charge in [-0.15, -0.1) is 0 Å². The van der Waals surface area contributed by atoms with E-state index in [2.05, 4.69) is 0 Å². The van der Waals surface area contributed by atoms with E-state index in [0.717, 1.165) is 16.6 Å². The van der Waals surface area contributed by atoms with Crippen molar-refractivity contribution in [2.24, 2.45) is 7.05 Å². The maximum absolute atomic E-state index is 14.0. The summed E-state index contributed by atoms with van der Waals surface area (Å²) in [7, 11) is 3.44. The van der Waals surface area contributed by atoms with Gasteiger partial charge in [-0.05, 0) is 43.2 Å². The Morgan fingerprint density at radius 2 is 1.58 bits per heavy atom. The van der Waals surface area contributed by atoms with Gasteiger partial charge in [0.05, 0.1) is 35.7 Å². The summed E-state index contributed by atoms with van der Waals surface area (Å²) >= 11 is 0. The number of ether oxygens (including phenoxy) is 4. The number of fused-ring (bicyclic) bond motifs is 4. The summed E-state index contributed by atoms with van der Waals surface area (Å²) in [5.74, 6) is 0.364. The van der Waals surface area contributed by atoms with Crippen LogP contribution in [0.1, 0.15) is 36.6 Å². The number of para-hydroxylation sites is 1. The lowest BCUT2D eigenvalue weighted by Gasteiger charge is -2.44. The summed E-state index contributed by atoms with van der Waals surface area (Å²) in [6.45, 7) is 3.94. The smallest absolute Gasteiger partial charge is 0.331 e. The van der Waals surface area contributed by atoms with E-state index in [1.165, 1.54) is 13.2 Å². The molecule has 1 aliphatic heterocycles. The topological polar surface area (TPSA) is 76.0 Å². The third kappa shape index (κ3) is 5.87. The Kier molecular flexibility index (Phi) is 8.28. The quantitative estimate of drug-likeness (QED) is 0.106. The number of rotatable bonds is 8. The Labute approximate surface area is 261 Å². The third-order valence-electron chi connectivity index (χ3n) is 8.11. The first-order valence-corrected chi connectivity index (χ1v) is 14.9. The van der Waals surface area contributed by atoms with Crippen LogP contribution in [0, 0.1) is 0 Å². The van der Waals surface area contributed by atoms with Crippen LogP contribution in [0.2, 0.25) is 0 Å². The molecule has 0 N–H and O–H groups in total. The second kappa shape index (κ2) is 12.5. The van der Waals surface area contributed by atoms with E-state index in [0.29, 0.717) is 33.4 Å². The average Bonchev–Trinajstić information content (AvgIpc) is 3.05. The van der Waals surface area contributed by atoms with Crippen LogP contribution in [0.15, 0.2) is 108 Å². The minimum Gasteiger partial charge on any atom is -0.496 e. The highest BCUT2D eigenvalue weighted by Crippen LogP contribution is 2.49. The van der Waals surface area contributed by atoms with Crippen molar-refractivity contribution in [1.82, 2.24) is 4.57 Å². The number of pyridine rings is 1. The first-order valence-electron chi connectivity index (χ1n) is 14.9. The first-order chi connectivity index (χ1) is 21.8. The van der Waals surface area contributed by atoms with Crippen LogP contribution in [0.3, 0.4) is 0 Å². The van der Waals surface area contributed by atoms with E-state index in [9.17, 15) is 9.59 Å². The van der Waals surface area contributed by atoms with E-state index in [1.807, 2.05) is 123 Å². The van der Waals surface area contributed by atoms with E-state index in [1.54, 1.807) is 12.1 Å². The van der Waals surface area contributed by atoms with Crippen LogP contribution in [-0.2, 0) is 21.3 Å². The van der Waals surface area contributed by atoms with Crippen molar-refractivity contribution < 1.29 is 23.7 Å². The molecule has 1 aromatic heterocycles.